The molecule has 0 atom stereocenters. The van der Waals surface area contributed by atoms with Crippen molar-refractivity contribution in [3.05, 3.63) is 58.3 Å². The van der Waals surface area contributed by atoms with E-state index >= 15 is 0 Å². The Labute approximate surface area is 130 Å². The zero-order valence-corrected chi connectivity index (χ0v) is 12.7. The highest BCUT2D eigenvalue weighted by atomic mass is 79.9. The summed E-state index contributed by atoms with van der Waals surface area (Å²) in [7, 11) is 0. The number of hydrogen-bond donors (Lipinski definition) is 2. The molecular formula is C15H14BrFN2O2. The van der Waals surface area contributed by atoms with Crippen molar-refractivity contribution in [2.24, 2.45) is 5.73 Å². The van der Waals surface area contributed by atoms with Crippen molar-refractivity contribution in [3.63, 3.8) is 0 Å². The number of nitrogen functional groups attached to an aromatic ring is 1. The average Bonchev–Trinajstić information content (AvgIpc) is 2.47. The van der Waals surface area contributed by atoms with Crippen LogP contribution in [0, 0.1) is 11.2 Å². The van der Waals surface area contributed by atoms with Gasteiger partial charge in [0.1, 0.15) is 36.4 Å². The zero-order chi connectivity index (χ0) is 15.2. The van der Waals surface area contributed by atoms with Crippen molar-refractivity contribution >= 4 is 21.8 Å². The molecule has 0 fully saturated rings. The molecule has 4 nitrogen and oxygen atoms in total. The molecule has 2 aromatic rings. The van der Waals surface area contributed by atoms with Gasteiger partial charge >= 0.3 is 0 Å². The van der Waals surface area contributed by atoms with E-state index in [0.29, 0.717) is 34.7 Å². The van der Waals surface area contributed by atoms with Crippen LogP contribution in [0.5, 0.6) is 11.5 Å². The molecule has 0 saturated carbocycles. The van der Waals surface area contributed by atoms with Gasteiger partial charge < -0.3 is 15.2 Å². The van der Waals surface area contributed by atoms with E-state index in [1.165, 1.54) is 6.07 Å². The van der Waals surface area contributed by atoms with Crippen molar-refractivity contribution < 1.29 is 13.9 Å². The van der Waals surface area contributed by atoms with E-state index in [4.69, 9.17) is 20.6 Å². The summed E-state index contributed by atoms with van der Waals surface area (Å²) in [5.74, 6) is 0.929. The fourth-order valence-electron chi connectivity index (χ4n) is 1.62. The summed E-state index contributed by atoms with van der Waals surface area (Å²) in [6, 6.07) is 11.4. The fourth-order valence-corrected chi connectivity index (χ4v) is 1.97. The fraction of sp³-hybridized carbons (Fsp3) is 0.133. The Bertz CT molecular complexity index is 632. The minimum absolute atomic E-state index is 0.0202. The highest BCUT2D eigenvalue weighted by Crippen LogP contribution is 2.21. The molecule has 0 aliphatic rings. The molecule has 0 heterocycles. The second kappa shape index (κ2) is 7.08. The highest BCUT2D eigenvalue weighted by Gasteiger charge is 2.02. The van der Waals surface area contributed by atoms with Crippen LogP contribution in [0.4, 0.5) is 4.39 Å². The molecule has 0 spiro atoms. The number of nitrogens with one attached hydrogen (secondary N) is 1. The van der Waals surface area contributed by atoms with Crippen LogP contribution in [0.25, 0.3) is 0 Å². The number of benzene rings is 2. The third-order valence-corrected chi connectivity index (χ3v) is 3.28. The number of nitrogens with two attached hydrogens (primary N) is 1. The molecule has 2 rings (SSSR count). The van der Waals surface area contributed by atoms with Gasteiger partial charge in [-0.3, -0.25) is 5.41 Å². The largest absolute Gasteiger partial charge is 0.490 e. The van der Waals surface area contributed by atoms with Gasteiger partial charge in [0.05, 0.1) is 4.47 Å². The van der Waals surface area contributed by atoms with Gasteiger partial charge in [-0.15, -0.1) is 0 Å². The van der Waals surface area contributed by atoms with Crippen LogP contribution < -0.4 is 15.2 Å². The number of ether oxygens (including phenoxy) is 2. The molecule has 0 amide bonds. The maximum Gasteiger partial charge on any atom is 0.137 e. The lowest BCUT2D eigenvalue weighted by Crippen LogP contribution is -2.11. The summed E-state index contributed by atoms with van der Waals surface area (Å²) in [4.78, 5) is 0. The lowest BCUT2D eigenvalue weighted by atomic mass is 10.2. The monoisotopic (exact) mass is 352 g/mol. The van der Waals surface area contributed by atoms with E-state index in [0.717, 1.165) is 0 Å². The molecule has 2 aromatic carbocycles. The minimum Gasteiger partial charge on any atom is -0.490 e. The van der Waals surface area contributed by atoms with Crippen molar-refractivity contribution in [2.75, 3.05) is 13.2 Å². The van der Waals surface area contributed by atoms with Crippen molar-refractivity contribution in [2.45, 2.75) is 0 Å². The van der Waals surface area contributed by atoms with Crippen molar-refractivity contribution in [1.29, 1.82) is 5.41 Å². The van der Waals surface area contributed by atoms with Gasteiger partial charge in [-0.05, 0) is 58.4 Å². The average molecular weight is 353 g/mol. The Morgan fingerprint density at radius 2 is 1.62 bits per heavy atom. The quantitative estimate of drug-likeness (QED) is 0.476. The molecule has 6 heteroatoms. The normalized spacial score (nSPS) is 10.2. The van der Waals surface area contributed by atoms with Crippen molar-refractivity contribution in [1.82, 2.24) is 0 Å². The second-order valence-electron chi connectivity index (χ2n) is 4.21. The number of amidine groups is 1. The van der Waals surface area contributed by atoms with Gasteiger partial charge in [-0.25, -0.2) is 4.39 Å². The number of rotatable bonds is 6. The molecule has 0 aliphatic carbocycles. The molecule has 0 radical (unpaired) electrons. The predicted octanol–water partition coefficient (Wildman–Crippen LogP) is 3.33. The first-order chi connectivity index (χ1) is 10.1. The molecule has 0 aromatic heterocycles. The second-order valence-corrected chi connectivity index (χ2v) is 5.07. The summed E-state index contributed by atoms with van der Waals surface area (Å²) >= 11 is 3.10. The van der Waals surface area contributed by atoms with Gasteiger partial charge in [-0.1, -0.05) is 0 Å². The smallest absolute Gasteiger partial charge is 0.137 e. The minimum atomic E-state index is -0.329. The number of hydrogen-bond acceptors (Lipinski definition) is 3. The van der Waals surface area contributed by atoms with Crippen LogP contribution in [0.15, 0.2) is 46.9 Å². The lowest BCUT2D eigenvalue weighted by molar-refractivity contribution is 0.217. The van der Waals surface area contributed by atoms with Crippen LogP contribution in [-0.4, -0.2) is 19.0 Å². The van der Waals surface area contributed by atoms with Gasteiger partial charge in [0.15, 0.2) is 0 Å². The topological polar surface area (TPSA) is 68.3 Å². The van der Waals surface area contributed by atoms with Gasteiger partial charge in [0.2, 0.25) is 0 Å². The molecule has 0 aliphatic heterocycles. The van der Waals surface area contributed by atoms with Crippen LogP contribution in [0.2, 0.25) is 0 Å². The first kappa shape index (κ1) is 15.3. The van der Waals surface area contributed by atoms with E-state index in [1.807, 2.05) is 0 Å². The highest BCUT2D eigenvalue weighted by molar-refractivity contribution is 9.10. The Morgan fingerprint density at radius 3 is 2.19 bits per heavy atom. The molecular weight excluding hydrogens is 339 g/mol. The third-order valence-electron chi connectivity index (χ3n) is 2.68. The van der Waals surface area contributed by atoms with Gasteiger partial charge in [-0.2, -0.15) is 0 Å². The summed E-state index contributed by atoms with van der Waals surface area (Å²) in [6.07, 6.45) is 0. The lowest BCUT2D eigenvalue weighted by Gasteiger charge is -2.09. The number of halogens is 2. The molecule has 0 saturated heterocycles. The summed E-state index contributed by atoms with van der Waals surface area (Å²) in [5, 5.41) is 7.29. The standard InChI is InChI=1S/C15H14BrFN2O2/c16-13-9-12(5-6-14(13)17)21-8-7-20-11-3-1-10(2-4-11)15(18)19/h1-6,9H,7-8H2,(H3,18,19). The van der Waals surface area contributed by atoms with E-state index < -0.39 is 0 Å². The Kier molecular flexibility index (Phi) is 5.16. The molecule has 0 bridgehead atoms. The van der Waals surface area contributed by atoms with E-state index in [9.17, 15) is 4.39 Å². The molecule has 21 heavy (non-hydrogen) atoms. The Balaban J connectivity index is 1.79. The van der Waals surface area contributed by atoms with Crippen molar-refractivity contribution in [3.8, 4) is 11.5 Å². The summed E-state index contributed by atoms with van der Waals surface area (Å²) in [6.45, 7) is 0.695. The first-order valence-electron chi connectivity index (χ1n) is 6.21. The van der Waals surface area contributed by atoms with Crippen LogP contribution >= 0.6 is 15.9 Å². The SMILES string of the molecule is N=C(N)c1ccc(OCCOc2ccc(F)c(Br)c2)cc1. The summed E-state index contributed by atoms with van der Waals surface area (Å²) < 4.78 is 24.4. The Hall–Kier alpha value is -2.08. The first-order valence-corrected chi connectivity index (χ1v) is 7.00. The Morgan fingerprint density at radius 1 is 1.05 bits per heavy atom. The van der Waals surface area contributed by atoms with Crippen LogP contribution in [0.1, 0.15) is 5.56 Å². The maximum absolute atomic E-state index is 13.0. The van der Waals surface area contributed by atoms with Crippen LogP contribution in [0.3, 0.4) is 0 Å². The zero-order valence-electron chi connectivity index (χ0n) is 11.1. The van der Waals surface area contributed by atoms with Gasteiger partial charge in [0, 0.05) is 5.56 Å². The molecule has 0 unspecified atom stereocenters. The van der Waals surface area contributed by atoms with E-state index in [2.05, 4.69) is 15.9 Å². The summed E-state index contributed by atoms with van der Waals surface area (Å²) in [5.41, 5.74) is 6.01. The molecule has 110 valence electrons. The molecule has 3 N–H and O–H groups in total. The van der Waals surface area contributed by atoms with E-state index in [-0.39, 0.29) is 11.7 Å². The third kappa shape index (κ3) is 4.46. The maximum atomic E-state index is 13.0. The van der Waals surface area contributed by atoms with E-state index in [1.54, 1.807) is 36.4 Å². The predicted molar refractivity (Wildman–Crippen MR) is 82.5 cm³/mol. The van der Waals surface area contributed by atoms with Gasteiger partial charge in [0.25, 0.3) is 0 Å². The van der Waals surface area contributed by atoms with Crippen LogP contribution in [-0.2, 0) is 0 Å².